The van der Waals surface area contributed by atoms with Gasteiger partial charge in [-0.05, 0) is 34.7 Å². The number of benzene rings is 2. The highest BCUT2D eigenvalue weighted by Crippen LogP contribution is 2.27. The Labute approximate surface area is 106 Å². The maximum Gasteiger partial charge on any atom is 0.141 e. The van der Waals surface area contributed by atoms with Crippen LogP contribution in [0.2, 0.25) is 5.02 Å². The van der Waals surface area contributed by atoms with Crippen LogP contribution in [0.4, 0.5) is 4.39 Å². The second-order valence-corrected chi connectivity index (χ2v) is 4.82. The lowest BCUT2D eigenvalue weighted by molar-refractivity contribution is 0.628. The monoisotopic (exact) mass is 248 g/mol. The molecule has 0 heterocycles. The summed E-state index contributed by atoms with van der Waals surface area (Å²) in [6, 6.07) is 13.1. The van der Waals surface area contributed by atoms with E-state index in [2.05, 4.69) is 26.0 Å². The predicted molar refractivity (Wildman–Crippen MR) is 70.9 cm³/mol. The molecule has 0 amide bonds. The minimum Gasteiger partial charge on any atom is -0.205 e. The van der Waals surface area contributed by atoms with Gasteiger partial charge in [-0.2, -0.15) is 0 Å². The van der Waals surface area contributed by atoms with Crippen molar-refractivity contribution < 1.29 is 4.39 Å². The molecule has 0 radical (unpaired) electrons. The van der Waals surface area contributed by atoms with Gasteiger partial charge in [0.2, 0.25) is 0 Å². The standard InChI is InChI=1S/C15H14ClF/c1-10(2)11-4-3-5-12(8-11)13-6-7-15(17)14(16)9-13/h3-10H,1-2H3. The third-order valence-electron chi connectivity index (χ3n) is 2.81. The van der Waals surface area contributed by atoms with E-state index in [-0.39, 0.29) is 10.8 Å². The zero-order valence-corrected chi connectivity index (χ0v) is 10.6. The van der Waals surface area contributed by atoms with Crippen LogP contribution >= 0.6 is 11.6 Å². The normalized spacial score (nSPS) is 10.9. The second kappa shape index (κ2) is 4.89. The first kappa shape index (κ1) is 12.1. The predicted octanol–water partition coefficient (Wildman–Crippen LogP) is 5.27. The van der Waals surface area contributed by atoms with E-state index in [0.29, 0.717) is 5.92 Å². The van der Waals surface area contributed by atoms with Gasteiger partial charge in [0.05, 0.1) is 5.02 Å². The van der Waals surface area contributed by atoms with Crippen molar-refractivity contribution in [1.82, 2.24) is 0 Å². The molecule has 0 saturated heterocycles. The zero-order chi connectivity index (χ0) is 12.4. The summed E-state index contributed by atoms with van der Waals surface area (Å²) < 4.78 is 13.1. The van der Waals surface area contributed by atoms with Crippen molar-refractivity contribution in [2.24, 2.45) is 0 Å². The van der Waals surface area contributed by atoms with Crippen LogP contribution in [0.25, 0.3) is 11.1 Å². The fourth-order valence-corrected chi connectivity index (χ4v) is 1.93. The fraction of sp³-hybridized carbons (Fsp3) is 0.200. The van der Waals surface area contributed by atoms with Crippen LogP contribution in [0.5, 0.6) is 0 Å². The minimum atomic E-state index is -0.379. The molecule has 0 unspecified atom stereocenters. The Morgan fingerprint density at radius 3 is 2.35 bits per heavy atom. The van der Waals surface area contributed by atoms with Gasteiger partial charge in [-0.25, -0.2) is 4.39 Å². The summed E-state index contributed by atoms with van der Waals surface area (Å²) in [6.45, 7) is 4.30. The van der Waals surface area contributed by atoms with E-state index >= 15 is 0 Å². The molecule has 2 aromatic rings. The first-order valence-electron chi connectivity index (χ1n) is 5.63. The molecule has 0 N–H and O–H groups in total. The maximum absolute atomic E-state index is 13.1. The molecule has 88 valence electrons. The average Bonchev–Trinajstić information content (AvgIpc) is 2.33. The van der Waals surface area contributed by atoms with E-state index in [4.69, 9.17) is 11.6 Å². The van der Waals surface area contributed by atoms with Crippen LogP contribution in [-0.2, 0) is 0 Å². The molecule has 0 bridgehead atoms. The Morgan fingerprint density at radius 2 is 1.71 bits per heavy atom. The number of halogens is 2. The molecule has 0 atom stereocenters. The summed E-state index contributed by atoms with van der Waals surface area (Å²) in [5.41, 5.74) is 3.28. The first-order valence-corrected chi connectivity index (χ1v) is 6.01. The van der Waals surface area contributed by atoms with Crippen LogP contribution in [0.15, 0.2) is 42.5 Å². The van der Waals surface area contributed by atoms with Crippen LogP contribution in [0.1, 0.15) is 25.3 Å². The number of rotatable bonds is 2. The highest BCUT2D eigenvalue weighted by Gasteiger charge is 2.05. The van der Waals surface area contributed by atoms with Crippen molar-refractivity contribution in [3.63, 3.8) is 0 Å². The lowest BCUT2D eigenvalue weighted by Crippen LogP contribution is -1.88. The largest absolute Gasteiger partial charge is 0.205 e. The van der Waals surface area contributed by atoms with Gasteiger partial charge in [0.25, 0.3) is 0 Å². The molecular formula is C15H14ClF. The minimum absolute atomic E-state index is 0.164. The van der Waals surface area contributed by atoms with Crippen molar-refractivity contribution in [3.05, 3.63) is 58.9 Å². The van der Waals surface area contributed by atoms with E-state index in [1.54, 1.807) is 12.1 Å². The lowest BCUT2D eigenvalue weighted by Gasteiger charge is -2.08. The van der Waals surface area contributed by atoms with E-state index in [1.807, 2.05) is 12.1 Å². The molecule has 0 aliphatic rings. The molecular weight excluding hydrogens is 235 g/mol. The van der Waals surface area contributed by atoms with Crippen LogP contribution in [0.3, 0.4) is 0 Å². The summed E-state index contributed by atoms with van der Waals surface area (Å²) in [6.07, 6.45) is 0. The highest BCUT2D eigenvalue weighted by molar-refractivity contribution is 6.31. The van der Waals surface area contributed by atoms with Crippen LogP contribution in [0, 0.1) is 5.82 Å². The molecule has 2 aromatic carbocycles. The lowest BCUT2D eigenvalue weighted by atomic mass is 9.97. The van der Waals surface area contributed by atoms with Gasteiger partial charge >= 0.3 is 0 Å². The molecule has 17 heavy (non-hydrogen) atoms. The molecule has 0 aliphatic heterocycles. The quantitative estimate of drug-likeness (QED) is 0.679. The Bertz CT molecular complexity index is 532. The van der Waals surface area contributed by atoms with Crippen molar-refractivity contribution in [2.45, 2.75) is 19.8 Å². The molecule has 0 saturated carbocycles. The maximum atomic E-state index is 13.1. The molecule has 0 nitrogen and oxygen atoms in total. The van der Waals surface area contributed by atoms with Gasteiger partial charge in [-0.1, -0.05) is 55.8 Å². The second-order valence-electron chi connectivity index (χ2n) is 4.41. The van der Waals surface area contributed by atoms with E-state index in [1.165, 1.54) is 11.6 Å². The van der Waals surface area contributed by atoms with Crippen LogP contribution < -0.4 is 0 Å². The zero-order valence-electron chi connectivity index (χ0n) is 9.87. The van der Waals surface area contributed by atoms with Gasteiger partial charge in [0.1, 0.15) is 5.82 Å². The summed E-state index contributed by atoms with van der Waals surface area (Å²) >= 11 is 5.79. The molecule has 0 fully saturated rings. The Hall–Kier alpha value is -1.34. The van der Waals surface area contributed by atoms with Gasteiger partial charge in [-0.15, -0.1) is 0 Å². The van der Waals surface area contributed by atoms with E-state index in [9.17, 15) is 4.39 Å². The number of hydrogen-bond acceptors (Lipinski definition) is 0. The molecule has 0 spiro atoms. The Balaban J connectivity index is 2.45. The summed E-state index contributed by atoms with van der Waals surface area (Å²) in [5, 5.41) is 0.164. The highest BCUT2D eigenvalue weighted by atomic mass is 35.5. The topological polar surface area (TPSA) is 0 Å². The van der Waals surface area contributed by atoms with Gasteiger partial charge < -0.3 is 0 Å². The Kier molecular flexibility index (Phi) is 3.49. The summed E-state index contributed by atoms with van der Waals surface area (Å²) in [7, 11) is 0. The van der Waals surface area contributed by atoms with Crippen molar-refractivity contribution in [3.8, 4) is 11.1 Å². The fourth-order valence-electron chi connectivity index (χ4n) is 1.75. The van der Waals surface area contributed by atoms with Crippen molar-refractivity contribution >= 4 is 11.6 Å². The van der Waals surface area contributed by atoms with Gasteiger partial charge in [-0.3, -0.25) is 0 Å². The summed E-state index contributed by atoms with van der Waals surface area (Å²) in [4.78, 5) is 0. The summed E-state index contributed by atoms with van der Waals surface area (Å²) in [5.74, 6) is 0.0984. The number of hydrogen-bond donors (Lipinski definition) is 0. The SMILES string of the molecule is CC(C)c1cccc(-c2ccc(F)c(Cl)c2)c1. The third-order valence-corrected chi connectivity index (χ3v) is 3.10. The molecule has 0 aliphatic carbocycles. The van der Waals surface area contributed by atoms with Gasteiger partial charge in [0.15, 0.2) is 0 Å². The van der Waals surface area contributed by atoms with Gasteiger partial charge in [0, 0.05) is 0 Å². The molecule has 2 rings (SSSR count). The van der Waals surface area contributed by atoms with E-state index in [0.717, 1.165) is 11.1 Å². The van der Waals surface area contributed by atoms with E-state index < -0.39 is 0 Å². The molecule has 2 heteroatoms. The van der Waals surface area contributed by atoms with Crippen LogP contribution in [-0.4, -0.2) is 0 Å². The smallest absolute Gasteiger partial charge is 0.141 e. The molecule has 0 aromatic heterocycles. The first-order chi connectivity index (χ1) is 8.08. The third kappa shape index (κ3) is 2.67. The van der Waals surface area contributed by atoms with Crippen molar-refractivity contribution in [2.75, 3.05) is 0 Å². The average molecular weight is 249 g/mol. The Morgan fingerprint density at radius 1 is 1.00 bits per heavy atom. The van der Waals surface area contributed by atoms with Crippen molar-refractivity contribution in [1.29, 1.82) is 0 Å².